The molecule has 2 saturated carbocycles. The number of fused-ring (bicyclic) bond motifs is 9. The summed E-state index contributed by atoms with van der Waals surface area (Å²) in [7, 11) is 0. The van der Waals surface area contributed by atoms with Crippen molar-refractivity contribution in [3.63, 3.8) is 0 Å². The first kappa shape index (κ1) is 23.8. The van der Waals surface area contributed by atoms with Crippen molar-refractivity contribution < 1.29 is 18.8 Å². The lowest BCUT2D eigenvalue weighted by atomic mass is 9.68. The average molecular weight is 550 g/mol. The highest BCUT2D eigenvalue weighted by atomic mass is 32.2. The summed E-state index contributed by atoms with van der Waals surface area (Å²) >= 11 is 2.77. The molecule has 7 nitrogen and oxygen atoms in total. The molecule has 6 unspecified atom stereocenters. The van der Waals surface area contributed by atoms with Crippen LogP contribution in [0.3, 0.4) is 0 Å². The van der Waals surface area contributed by atoms with Gasteiger partial charge in [0.15, 0.2) is 0 Å². The van der Waals surface area contributed by atoms with Gasteiger partial charge < -0.3 is 10.3 Å². The number of carbonyl (C=O) groups excluding carboxylic acids is 3. The minimum absolute atomic E-state index is 0.0271. The molecule has 2 aliphatic heterocycles. The molecule has 0 spiro atoms. The molecule has 2 bridgehead atoms. The van der Waals surface area contributed by atoms with Crippen molar-refractivity contribution in [2.24, 2.45) is 29.6 Å². The summed E-state index contributed by atoms with van der Waals surface area (Å²) in [5.41, 5.74) is 2.53. The lowest BCUT2D eigenvalue weighted by Gasteiger charge is -2.43. The van der Waals surface area contributed by atoms with Gasteiger partial charge in [0.1, 0.15) is 12.4 Å². The molecule has 2 aromatic carbocycles. The highest BCUT2D eigenvalue weighted by Crippen LogP contribution is 2.68. The summed E-state index contributed by atoms with van der Waals surface area (Å²) in [6.45, 7) is 1.62. The van der Waals surface area contributed by atoms with Crippen molar-refractivity contribution in [1.29, 1.82) is 0 Å². The molecule has 38 heavy (non-hydrogen) atoms. The lowest BCUT2D eigenvalue weighted by Crippen LogP contribution is -2.42. The van der Waals surface area contributed by atoms with Gasteiger partial charge in [0.05, 0.1) is 16.9 Å². The Hall–Kier alpha value is -3.24. The first-order valence-corrected chi connectivity index (χ1v) is 14.4. The quantitative estimate of drug-likeness (QED) is 0.480. The van der Waals surface area contributed by atoms with E-state index in [4.69, 9.17) is 0 Å². The number of thioether (sulfide) groups is 1. The summed E-state index contributed by atoms with van der Waals surface area (Å²) in [4.78, 5) is 57.2. The molecule has 1 saturated heterocycles. The van der Waals surface area contributed by atoms with Crippen LogP contribution in [0.15, 0.2) is 58.4 Å². The van der Waals surface area contributed by atoms with Crippen molar-refractivity contribution >= 4 is 46.5 Å². The van der Waals surface area contributed by atoms with Crippen molar-refractivity contribution in [3.05, 3.63) is 80.0 Å². The van der Waals surface area contributed by atoms with E-state index in [0.717, 1.165) is 32.4 Å². The van der Waals surface area contributed by atoms with Crippen molar-refractivity contribution in [2.75, 3.05) is 11.9 Å². The monoisotopic (exact) mass is 549 g/mol. The predicted molar refractivity (Wildman–Crippen MR) is 141 cm³/mol. The number of benzene rings is 2. The van der Waals surface area contributed by atoms with Crippen LogP contribution in [0.2, 0.25) is 0 Å². The van der Waals surface area contributed by atoms with E-state index in [9.17, 15) is 23.6 Å². The topological polar surface area (TPSA) is 99.3 Å². The smallest absolute Gasteiger partial charge is 0.305 e. The van der Waals surface area contributed by atoms with Gasteiger partial charge in [0.2, 0.25) is 17.7 Å². The number of nitrogens with one attached hydrogen (secondary N) is 2. The second-order valence-corrected chi connectivity index (χ2v) is 12.9. The molecule has 2 aliphatic carbocycles. The fraction of sp³-hybridized carbons (Fsp3) is 0.357. The Balaban J connectivity index is 1.19. The molecule has 4 aliphatic rings. The zero-order valence-electron chi connectivity index (χ0n) is 20.3. The van der Waals surface area contributed by atoms with E-state index in [-0.39, 0.29) is 58.0 Å². The largest absolute Gasteiger partial charge is 0.325 e. The number of anilines is 1. The number of thiazole rings is 1. The summed E-state index contributed by atoms with van der Waals surface area (Å²) in [5.74, 6) is -2.40. The Morgan fingerprint density at radius 2 is 1.82 bits per heavy atom. The molecular formula is C28H24FN3O4S2. The van der Waals surface area contributed by atoms with E-state index in [1.54, 1.807) is 30.0 Å². The van der Waals surface area contributed by atoms with Crippen LogP contribution in [0.4, 0.5) is 10.1 Å². The van der Waals surface area contributed by atoms with Crippen LogP contribution in [0, 0.1) is 42.3 Å². The molecule has 3 fully saturated rings. The van der Waals surface area contributed by atoms with Crippen LogP contribution in [-0.2, 0) is 14.4 Å². The highest BCUT2D eigenvalue weighted by molar-refractivity contribution is 8.00. The number of nitrogens with zero attached hydrogens (tertiary/aromatic N) is 1. The lowest BCUT2D eigenvalue weighted by molar-refractivity contribution is -0.143. The Morgan fingerprint density at radius 3 is 2.55 bits per heavy atom. The van der Waals surface area contributed by atoms with Gasteiger partial charge in [-0.15, -0.1) is 11.8 Å². The number of H-pyrrole nitrogens is 1. The number of aryl methyl sites for hydroxylation is 1. The predicted octanol–water partition coefficient (Wildman–Crippen LogP) is 4.00. The van der Waals surface area contributed by atoms with Gasteiger partial charge in [0.25, 0.3) is 0 Å². The van der Waals surface area contributed by atoms with Crippen molar-refractivity contribution in [3.8, 4) is 0 Å². The summed E-state index contributed by atoms with van der Waals surface area (Å²) in [6.07, 6.45) is 0.759. The number of imide groups is 1. The maximum atomic E-state index is 13.8. The van der Waals surface area contributed by atoms with E-state index in [1.165, 1.54) is 23.5 Å². The third-order valence-corrected chi connectivity index (χ3v) is 11.2. The SMILES string of the molecule is Cc1cccc(NC(=O)CN2C(=O)C3C4CC(C3C2=O)C2C4Sc3[nH]c(=O)sc3[C@@H]2c2ccc(F)cc2)c1. The summed E-state index contributed by atoms with van der Waals surface area (Å²) in [5, 5.41) is 3.66. The molecule has 3 heterocycles. The standard InChI is InChI=1S/C28H24FN3O4S2/c1-12-3-2-4-15(9-12)30-18(33)11-32-26(34)21-16-10-17(22(21)27(32)35)23-20(16)19(13-5-7-14(29)8-6-13)24-25(37-23)31-28(36)38-24/h2-9,16-17,19-23H,10-11H2,1H3,(H,30,33)(H,31,36)/t16?,17?,19-,20?,21?,22?,23?/m1/s1. The number of carbonyl (C=O) groups is 3. The van der Waals surface area contributed by atoms with E-state index in [2.05, 4.69) is 10.3 Å². The van der Waals surface area contributed by atoms with Gasteiger partial charge in [-0.2, -0.15) is 0 Å². The van der Waals surface area contributed by atoms with E-state index in [0.29, 0.717) is 5.69 Å². The number of aromatic nitrogens is 1. The molecule has 7 atom stereocenters. The fourth-order valence-electron chi connectivity index (χ4n) is 7.34. The number of likely N-dealkylation sites (tertiary alicyclic amines) is 1. The zero-order valence-corrected chi connectivity index (χ0v) is 22.0. The molecule has 1 aromatic heterocycles. The van der Waals surface area contributed by atoms with Gasteiger partial charge >= 0.3 is 4.87 Å². The van der Waals surface area contributed by atoms with Gasteiger partial charge in [-0.05, 0) is 66.5 Å². The molecule has 10 heteroatoms. The highest BCUT2D eigenvalue weighted by Gasteiger charge is 2.69. The van der Waals surface area contributed by atoms with E-state index in [1.807, 2.05) is 25.1 Å². The van der Waals surface area contributed by atoms with Gasteiger partial charge in [-0.3, -0.25) is 24.1 Å². The molecule has 7 rings (SSSR count). The summed E-state index contributed by atoms with van der Waals surface area (Å²) in [6, 6.07) is 13.7. The maximum absolute atomic E-state index is 13.8. The molecule has 194 valence electrons. The third kappa shape index (κ3) is 3.53. The number of aromatic amines is 1. The average Bonchev–Trinajstić information content (AvgIpc) is 3.60. The molecule has 0 radical (unpaired) electrons. The van der Waals surface area contributed by atoms with E-state index >= 15 is 0 Å². The zero-order chi connectivity index (χ0) is 26.3. The molecular weight excluding hydrogens is 525 g/mol. The van der Waals surface area contributed by atoms with Gasteiger partial charge in [-0.25, -0.2) is 4.39 Å². The van der Waals surface area contributed by atoms with Crippen LogP contribution in [0.5, 0.6) is 0 Å². The maximum Gasteiger partial charge on any atom is 0.305 e. The number of hydrogen-bond acceptors (Lipinski definition) is 6. The Bertz CT molecular complexity index is 1550. The Kier molecular flexibility index (Phi) is 5.42. The third-order valence-electron chi connectivity index (χ3n) is 8.65. The first-order chi connectivity index (χ1) is 18.3. The Labute approximate surface area is 225 Å². The van der Waals surface area contributed by atoms with Crippen LogP contribution in [0.25, 0.3) is 0 Å². The van der Waals surface area contributed by atoms with Crippen molar-refractivity contribution in [1.82, 2.24) is 9.88 Å². The first-order valence-electron chi connectivity index (χ1n) is 12.7. The van der Waals surface area contributed by atoms with Crippen molar-refractivity contribution in [2.45, 2.75) is 29.5 Å². The van der Waals surface area contributed by atoms with Crippen LogP contribution >= 0.6 is 23.1 Å². The summed E-state index contributed by atoms with van der Waals surface area (Å²) < 4.78 is 13.8. The molecule has 3 amide bonds. The van der Waals surface area contributed by atoms with Crippen LogP contribution in [0.1, 0.15) is 28.3 Å². The van der Waals surface area contributed by atoms with Crippen LogP contribution in [-0.4, -0.2) is 39.4 Å². The van der Waals surface area contributed by atoms with Gasteiger partial charge in [0, 0.05) is 21.7 Å². The minimum Gasteiger partial charge on any atom is -0.325 e. The number of halogens is 1. The molecule has 2 N–H and O–H groups in total. The van der Waals surface area contributed by atoms with E-state index < -0.39 is 17.7 Å². The Morgan fingerprint density at radius 1 is 1.08 bits per heavy atom. The molecule has 3 aromatic rings. The number of rotatable bonds is 4. The number of amides is 3. The second-order valence-electron chi connectivity index (χ2n) is 10.7. The number of hydrogen-bond donors (Lipinski definition) is 2. The second kappa shape index (κ2) is 8.64. The fourth-order valence-corrected chi connectivity index (χ4v) is 10.2. The van der Waals surface area contributed by atoms with Crippen LogP contribution < -0.4 is 10.2 Å². The normalized spacial score (nSPS) is 30.8. The van der Waals surface area contributed by atoms with Gasteiger partial charge in [-0.1, -0.05) is 35.6 Å². The minimum atomic E-state index is -0.471.